The molecule has 0 aliphatic heterocycles. The summed E-state index contributed by atoms with van der Waals surface area (Å²) in [5.41, 5.74) is 14.9. The molecule has 0 N–H and O–H groups in total. The lowest BCUT2D eigenvalue weighted by atomic mass is 9.79. The predicted octanol–water partition coefficient (Wildman–Crippen LogP) is 14.1. The van der Waals surface area contributed by atoms with E-state index in [0.29, 0.717) is 0 Å². The van der Waals surface area contributed by atoms with E-state index in [-0.39, 0.29) is 10.8 Å². The van der Waals surface area contributed by atoms with Gasteiger partial charge in [0.15, 0.2) is 0 Å². The van der Waals surface area contributed by atoms with Crippen molar-refractivity contribution in [2.45, 2.75) is 38.5 Å². The number of hydrogen-bond acceptors (Lipinski definition) is 0. The van der Waals surface area contributed by atoms with Crippen molar-refractivity contribution in [3.8, 4) is 27.9 Å². The van der Waals surface area contributed by atoms with Gasteiger partial charge in [-0.05, 0) is 113 Å². The van der Waals surface area contributed by atoms with Crippen LogP contribution in [0.4, 0.5) is 0 Å². The fraction of sp³-hybridized carbons (Fsp3) is 0.115. The largest absolute Gasteiger partial charge is 0.309 e. The summed E-state index contributed by atoms with van der Waals surface area (Å²) in [5, 5.41) is 8.54. The molecular formula is C52H41N. The Morgan fingerprint density at radius 2 is 1.00 bits per heavy atom. The molecule has 1 nitrogen and oxygen atoms in total. The molecule has 0 unspecified atom stereocenters. The highest BCUT2D eigenvalue weighted by Crippen LogP contribution is 2.57. The molecule has 1 heterocycles. The van der Waals surface area contributed by atoms with Crippen molar-refractivity contribution < 1.29 is 0 Å². The van der Waals surface area contributed by atoms with Crippen molar-refractivity contribution in [1.29, 1.82) is 0 Å². The molecule has 0 saturated heterocycles. The Morgan fingerprint density at radius 1 is 0.453 bits per heavy atom. The zero-order valence-electron chi connectivity index (χ0n) is 30.8. The molecule has 1 heteroatoms. The monoisotopic (exact) mass is 679 g/mol. The van der Waals surface area contributed by atoms with Gasteiger partial charge in [-0.25, -0.2) is 0 Å². The van der Waals surface area contributed by atoms with Gasteiger partial charge in [0, 0.05) is 27.5 Å². The van der Waals surface area contributed by atoms with Crippen LogP contribution in [0.1, 0.15) is 61.2 Å². The van der Waals surface area contributed by atoms with Gasteiger partial charge in [-0.15, -0.1) is 0 Å². The smallest absolute Gasteiger partial charge is 0.0540 e. The molecule has 0 bridgehead atoms. The molecule has 0 radical (unpaired) electrons. The van der Waals surface area contributed by atoms with E-state index in [4.69, 9.17) is 0 Å². The highest BCUT2D eigenvalue weighted by molar-refractivity contribution is 6.15. The zero-order valence-corrected chi connectivity index (χ0v) is 30.8. The SMILES string of the molecule is C=Cc1c(C=C)n(-c2ccc3c(c2)C(C)(C)c2cc4c(cc2-3)C(C)(C)c2ccc3ccccc3c2-4)c2ccccc2c2ccccc2c2ccccc12. The lowest BCUT2D eigenvalue weighted by Gasteiger charge is -2.24. The Morgan fingerprint density at radius 3 is 1.72 bits per heavy atom. The first-order chi connectivity index (χ1) is 25.7. The summed E-state index contributed by atoms with van der Waals surface area (Å²) in [6, 6.07) is 51.9. The Balaban J connectivity index is 1.28. The number of nitrogens with zero attached hydrogens (tertiary/aromatic N) is 1. The first-order valence-electron chi connectivity index (χ1n) is 18.7. The van der Waals surface area contributed by atoms with Crippen LogP contribution in [0, 0.1) is 0 Å². The molecule has 0 atom stereocenters. The Labute approximate surface area is 311 Å². The maximum Gasteiger partial charge on any atom is 0.0540 e. The molecule has 254 valence electrons. The van der Waals surface area contributed by atoms with Crippen molar-refractivity contribution >= 4 is 55.4 Å². The maximum absolute atomic E-state index is 4.43. The maximum atomic E-state index is 4.43. The average Bonchev–Trinajstić information content (AvgIpc) is 3.57. The minimum absolute atomic E-state index is 0.0966. The summed E-state index contributed by atoms with van der Waals surface area (Å²) in [6.45, 7) is 18.4. The fourth-order valence-electron chi connectivity index (χ4n) is 9.74. The van der Waals surface area contributed by atoms with Gasteiger partial charge in [0.05, 0.1) is 11.2 Å². The molecule has 7 aromatic carbocycles. The van der Waals surface area contributed by atoms with Gasteiger partial charge in [-0.2, -0.15) is 0 Å². The molecule has 8 aromatic rings. The van der Waals surface area contributed by atoms with Crippen LogP contribution in [0.3, 0.4) is 0 Å². The number of aromatic nitrogens is 1. The molecule has 0 amide bonds. The number of benzene rings is 7. The van der Waals surface area contributed by atoms with E-state index in [0.717, 1.165) is 27.8 Å². The fourth-order valence-corrected chi connectivity index (χ4v) is 9.74. The second-order valence-corrected chi connectivity index (χ2v) is 15.8. The second-order valence-electron chi connectivity index (χ2n) is 15.8. The van der Waals surface area contributed by atoms with E-state index >= 15 is 0 Å². The highest BCUT2D eigenvalue weighted by Gasteiger charge is 2.42. The average molecular weight is 680 g/mol. The van der Waals surface area contributed by atoms with Crippen LogP contribution >= 0.6 is 0 Å². The zero-order chi connectivity index (χ0) is 36.2. The second kappa shape index (κ2) is 11.2. The summed E-state index contributed by atoms with van der Waals surface area (Å²) in [5.74, 6) is 0. The van der Waals surface area contributed by atoms with Crippen molar-refractivity contribution in [3.05, 3.63) is 186 Å². The molecule has 2 aliphatic carbocycles. The van der Waals surface area contributed by atoms with Gasteiger partial charge in [0.2, 0.25) is 0 Å². The van der Waals surface area contributed by atoms with E-state index in [1.165, 1.54) is 76.8 Å². The third-order valence-electron chi connectivity index (χ3n) is 12.4. The molecule has 10 rings (SSSR count). The minimum Gasteiger partial charge on any atom is -0.309 e. The number of hydrogen-bond donors (Lipinski definition) is 0. The number of fused-ring (bicyclic) bond motifs is 13. The topological polar surface area (TPSA) is 4.93 Å². The Bertz CT molecular complexity index is 2980. The van der Waals surface area contributed by atoms with Crippen LogP contribution in [0.15, 0.2) is 153 Å². The van der Waals surface area contributed by atoms with Crippen molar-refractivity contribution in [1.82, 2.24) is 4.57 Å². The normalized spacial score (nSPS) is 14.5. The molecule has 53 heavy (non-hydrogen) atoms. The van der Waals surface area contributed by atoms with E-state index < -0.39 is 0 Å². The number of rotatable bonds is 3. The van der Waals surface area contributed by atoms with Gasteiger partial charge in [0.1, 0.15) is 0 Å². The quantitative estimate of drug-likeness (QED) is 0.175. The van der Waals surface area contributed by atoms with Crippen LogP contribution in [-0.2, 0) is 10.8 Å². The molecule has 0 fully saturated rings. The minimum atomic E-state index is -0.217. The van der Waals surface area contributed by atoms with Crippen LogP contribution in [0.2, 0.25) is 0 Å². The van der Waals surface area contributed by atoms with Crippen LogP contribution < -0.4 is 0 Å². The Hall–Kier alpha value is -6.18. The summed E-state index contributed by atoms with van der Waals surface area (Å²) in [4.78, 5) is 0. The lowest BCUT2D eigenvalue weighted by molar-refractivity contribution is 0.652. The third kappa shape index (κ3) is 4.25. The summed E-state index contributed by atoms with van der Waals surface area (Å²) < 4.78 is 2.41. The summed E-state index contributed by atoms with van der Waals surface area (Å²) >= 11 is 0. The summed E-state index contributed by atoms with van der Waals surface area (Å²) in [7, 11) is 0. The van der Waals surface area contributed by atoms with Gasteiger partial charge < -0.3 is 4.57 Å². The van der Waals surface area contributed by atoms with E-state index in [1.54, 1.807) is 0 Å². The molecule has 0 saturated carbocycles. The molecule has 0 spiro atoms. The lowest BCUT2D eigenvalue weighted by Crippen LogP contribution is -2.17. The molecular weight excluding hydrogens is 639 g/mol. The first-order valence-corrected chi connectivity index (χ1v) is 18.7. The highest BCUT2D eigenvalue weighted by atomic mass is 15.0. The van der Waals surface area contributed by atoms with Crippen LogP contribution in [0.25, 0.3) is 83.3 Å². The van der Waals surface area contributed by atoms with E-state index in [1.807, 2.05) is 12.2 Å². The van der Waals surface area contributed by atoms with Crippen molar-refractivity contribution in [2.75, 3.05) is 0 Å². The summed E-state index contributed by atoms with van der Waals surface area (Å²) in [6.07, 6.45) is 4.00. The molecule has 2 aliphatic rings. The van der Waals surface area contributed by atoms with Gasteiger partial charge >= 0.3 is 0 Å². The van der Waals surface area contributed by atoms with Crippen molar-refractivity contribution in [2.24, 2.45) is 0 Å². The van der Waals surface area contributed by atoms with Crippen LogP contribution in [0.5, 0.6) is 0 Å². The van der Waals surface area contributed by atoms with Crippen LogP contribution in [-0.4, -0.2) is 4.57 Å². The van der Waals surface area contributed by atoms with E-state index in [9.17, 15) is 0 Å². The Kier molecular flexibility index (Phi) is 6.64. The first kappa shape index (κ1) is 31.5. The third-order valence-corrected chi connectivity index (χ3v) is 12.4. The predicted molar refractivity (Wildman–Crippen MR) is 229 cm³/mol. The van der Waals surface area contributed by atoms with Gasteiger partial charge in [0.25, 0.3) is 0 Å². The van der Waals surface area contributed by atoms with Gasteiger partial charge in [-0.1, -0.05) is 156 Å². The number of para-hydroxylation sites is 1. The van der Waals surface area contributed by atoms with E-state index in [2.05, 4.69) is 185 Å². The molecule has 1 aromatic heterocycles. The standard InChI is InChI=1S/C52H41N/c1-7-34-36-19-11-12-20-37(36)38-21-13-14-22-39(38)41-23-15-16-24-49(41)53(48(34)8-2)33-26-27-40-42-30-47-43(31-46(42)52(5,6)45(40)29-33)50-35-18-10-9-17-32(35)25-28-44(50)51(47,3)4/h7-31H,1-2H2,3-6H3. The van der Waals surface area contributed by atoms with Gasteiger partial charge in [-0.3, -0.25) is 0 Å². The van der Waals surface area contributed by atoms with Crippen molar-refractivity contribution in [3.63, 3.8) is 0 Å².